The third-order valence-electron chi connectivity index (χ3n) is 6.44. The Morgan fingerprint density at radius 1 is 1.12 bits per heavy atom. The van der Waals surface area contributed by atoms with Gasteiger partial charge >= 0.3 is 11.7 Å². The molecule has 2 heterocycles. The fraction of sp³-hybridized carbons (Fsp3) is 0.200. The molecule has 0 radical (unpaired) electrons. The van der Waals surface area contributed by atoms with Crippen LogP contribution in [0.15, 0.2) is 68.4 Å². The Labute approximate surface area is 226 Å². The van der Waals surface area contributed by atoms with E-state index in [9.17, 15) is 32.8 Å². The predicted molar refractivity (Wildman–Crippen MR) is 145 cm³/mol. The largest absolute Gasteiger partial charge is 0.505 e. The van der Waals surface area contributed by atoms with Gasteiger partial charge in [-0.2, -0.15) is 18.4 Å². The van der Waals surface area contributed by atoms with Gasteiger partial charge in [-0.15, -0.1) is 10.2 Å². The maximum Gasteiger partial charge on any atom is 0.351 e. The second-order valence-corrected chi connectivity index (χ2v) is 10.5. The Hall–Kier alpha value is -4.89. The maximum atomic E-state index is 12.3. The zero-order valence-electron chi connectivity index (χ0n) is 20.9. The molecular weight excluding hydrogens is 542 g/mol. The number of aromatic carboxylic acids is 1. The van der Waals surface area contributed by atoms with Crippen LogP contribution in [0.1, 0.15) is 30.1 Å². The molecule has 4 aromatic rings. The van der Waals surface area contributed by atoms with Crippen molar-refractivity contribution in [1.82, 2.24) is 15.0 Å². The average molecular weight is 566 g/mol. The Bertz CT molecular complexity index is 1840. The van der Waals surface area contributed by atoms with Gasteiger partial charge in [0.25, 0.3) is 10.1 Å². The van der Waals surface area contributed by atoms with E-state index in [1.165, 1.54) is 30.3 Å². The molecule has 5 N–H and O–H groups in total. The molecule has 3 aromatic carbocycles. The second kappa shape index (κ2) is 10.3. The molecule has 15 heteroatoms. The minimum Gasteiger partial charge on any atom is -0.505 e. The number of carboxylic acid groups (broad SMARTS) is 1. The number of hydrogen-bond donors (Lipinski definition) is 5. The van der Waals surface area contributed by atoms with Crippen LogP contribution in [0, 0.1) is 0 Å². The summed E-state index contributed by atoms with van der Waals surface area (Å²) in [6, 6.07) is 11.0. The molecule has 1 aliphatic heterocycles. The first kappa shape index (κ1) is 26.7. The summed E-state index contributed by atoms with van der Waals surface area (Å²) in [5, 5.41) is 31.6. The lowest BCUT2D eigenvalue weighted by Crippen LogP contribution is -2.31. The van der Waals surface area contributed by atoms with Crippen LogP contribution >= 0.6 is 0 Å². The quantitative estimate of drug-likeness (QED) is 0.159. The summed E-state index contributed by atoms with van der Waals surface area (Å²) < 4.78 is 33.7. The number of aromatic hydroxyl groups is 1. The molecule has 0 bridgehead atoms. The van der Waals surface area contributed by atoms with Crippen LogP contribution in [0.25, 0.3) is 10.8 Å². The van der Waals surface area contributed by atoms with Gasteiger partial charge in [-0.1, -0.05) is 18.2 Å². The summed E-state index contributed by atoms with van der Waals surface area (Å²) >= 11 is 0. The molecule has 1 fully saturated rings. The van der Waals surface area contributed by atoms with Gasteiger partial charge in [-0.3, -0.25) is 9.54 Å². The molecule has 1 atom stereocenters. The van der Waals surface area contributed by atoms with E-state index in [1.807, 2.05) is 11.8 Å². The third kappa shape index (κ3) is 5.32. The lowest BCUT2D eigenvalue weighted by molar-refractivity contribution is 0.0697. The van der Waals surface area contributed by atoms with Gasteiger partial charge in [0.15, 0.2) is 5.75 Å². The highest BCUT2D eigenvalue weighted by atomic mass is 32.2. The first-order chi connectivity index (χ1) is 19.0. The SMILES string of the molecule is CC1CCCN1c1nc(Nc2cc(S(=O)(=O)O)cc3ccc(N=Nc4ccccc4C(=O)O)c(O)c23)[nH]c(=O)n1. The van der Waals surface area contributed by atoms with Gasteiger partial charge in [0.1, 0.15) is 11.4 Å². The number of hydrogen-bond acceptors (Lipinski definition) is 11. The zero-order valence-corrected chi connectivity index (χ0v) is 21.8. The van der Waals surface area contributed by atoms with Crippen molar-refractivity contribution in [3.8, 4) is 5.75 Å². The highest BCUT2D eigenvalue weighted by Crippen LogP contribution is 2.42. The number of aromatic nitrogens is 3. The molecule has 5 rings (SSSR count). The summed E-state index contributed by atoms with van der Waals surface area (Å²) in [6.07, 6.45) is 1.81. The molecule has 1 aromatic heterocycles. The summed E-state index contributed by atoms with van der Waals surface area (Å²) in [4.78, 5) is 36.0. The Kier molecular flexibility index (Phi) is 6.91. The minimum absolute atomic E-state index is 0.0274. The number of fused-ring (bicyclic) bond motifs is 1. The molecule has 0 amide bonds. The van der Waals surface area contributed by atoms with E-state index in [0.717, 1.165) is 25.0 Å². The Morgan fingerprint density at radius 3 is 2.58 bits per heavy atom. The van der Waals surface area contributed by atoms with Crippen molar-refractivity contribution in [2.24, 2.45) is 10.2 Å². The molecule has 0 spiro atoms. The highest BCUT2D eigenvalue weighted by molar-refractivity contribution is 7.85. The number of aromatic amines is 1. The van der Waals surface area contributed by atoms with E-state index in [1.54, 1.807) is 6.07 Å². The number of carbonyl (C=O) groups is 1. The predicted octanol–water partition coefficient (Wildman–Crippen LogP) is 4.12. The van der Waals surface area contributed by atoms with Gasteiger partial charge in [0, 0.05) is 18.0 Å². The van der Waals surface area contributed by atoms with Crippen LogP contribution in [0.2, 0.25) is 0 Å². The first-order valence-corrected chi connectivity index (χ1v) is 13.5. The summed E-state index contributed by atoms with van der Waals surface area (Å²) in [5.41, 5.74) is -0.824. The molecule has 1 aliphatic rings. The summed E-state index contributed by atoms with van der Waals surface area (Å²) in [7, 11) is -4.66. The van der Waals surface area contributed by atoms with Gasteiger partial charge in [-0.05, 0) is 55.5 Å². The molecule has 206 valence electrons. The summed E-state index contributed by atoms with van der Waals surface area (Å²) in [6.45, 7) is 2.64. The van der Waals surface area contributed by atoms with E-state index >= 15 is 0 Å². The second-order valence-electron chi connectivity index (χ2n) is 9.11. The molecular formula is C25H23N7O7S. The number of azo groups is 1. The van der Waals surface area contributed by atoms with E-state index < -0.39 is 32.4 Å². The van der Waals surface area contributed by atoms with Crippen LogP contribution in [0.5, 0.6) is 5.75 Å². The molecule has 14 nitrogen and oxygen atoms in total. The zero-order chi connectivity index (χ0) is 28.6. The average Bonchev–Trinajstić information content (AvgIpc) is 3.33. The van der Waals surface area contributed by atoms with Crippen LogP contribution in [0.3, 0.4) is 0 Å². The van der Waals surface area contributed by atoms with E-state index in [-0.39, 0.29) is 51.3 Å². The van der Waals surface area contributed by atoms with Crippen LogP contribution in [0.4, 0.5) is 29.0 Å². The maximum absolute atomic E-state index is 12.3. The van der Waals surface area contributed by atoms with Crippen molar-refractivity contribution < 1.29 is 28.0 Å². The van der Waals surface area contributed by atoms with Crippen molar-refractivity contribution in [1.29, 1.82) is 0 Å². The monoisotopic (exact) mass is 565 g/mol. The number of anilines is 3. The smallest absolute Gasteiger partial charge is 0.351 e. The first-order valence-electron chi connectivity index (χ1n) is 12.0. The molecule has 1 saturated heterocycles. The highest BCUT2D eigenvalue weighted by Gasteiger charge is 2.24. The van der Waals surface area contributed by atoms with Crippen LogP contribution in [-0.2, 0) is 10.1 Å². The number of H-pyrrole nitrogens is 1. The van der Waals surface area contributed by atoms with Crippen molar-refractivity contribution >= 4 is 55.8 Å². The fourth-order valence-corrected chi connectivity index (χ4v) is 5.05. The van der Waals surface area contributed by atoms with E-state index in [4.69, 9.17) is 0 Å². The molecule has 0 saturated carbocycles. The number of benzene rings is 3. The number of nitrogens with zero attached hydrogens (tertiary/aromatic N) is 5. The van der Waals surface area contributed by atoms with Crippen molar-refractivity contribution in [2.45, 2.75) is 30.7 Å². The van der Waals surface area contributed by atoms with Crippen molar-refractivity contribution in [3.63, 3.8) is 0 Å². The van der Waals surface area contributed by atoms with Gasteiger partial charge < -0.3 is 20.4 Å². The molecule has 1 unspecified atom stereocenters. The minimum atomic E-state index is -4.66. The topological polar surface area (TPSA) is 211 Å². The van der Waals surface area contributed by atoms with Crippen LogP contribution in [-0.4, -0.2) is 56.7 Å². The van der Waals surface area contributed by atoms with Crippen LogP contribution < -0.4 is 15.9 Å². The normalized spacial score (nSPS) is 15.7. The van der Waals surface area contributed by atoms with E-state index in [0.29, 0.717) is 6.54 Å². The van der Waals surface area contributed by atoms with Crippen molar-refractivity contribution in [3.05, 3.63) is 64.6 Å². The lowest BCUT2D eigenvalue weighted by atomic mass is 10.1. The third-order valence-corrected chi connectivity index (χ3v) is 7.27. The number of rotatable bonds is 7. The number of nitrogens with one attached hydrogen (secondary N) is 2. The van der Waals surface area contributed by atoms with Gasteiger partial charge in [0.2, 0.25) is 11.9 Å². The Balaban J connectivity index is 1.63. The molecule has 40 heavy (non-hydrogen) atoms. The Morgan fingerprint density at radius 2 is 1.88 bits per heavy atom. The number of carboxylic acids is 1. The van der Waals surface area contributed by atoms with Gasteiger partial charge in [-0.25, -0.2) is 9.59 Å². The summed E-state index contributed by atoms with van der Waals surface area (Å²) in [5.74, 6) is -1.53. The lowest BCUT2D eigenvalue weighted by Gasteiger charge is -2.21. The fourth-order valence-electron chi connectivity index (χ4n) is 4.50. The van der Waals surface area contributed by atoms with Crippen molar-refractivity contribution in [2.75, 3.05) is 16.8 Å². The number of phenolic OH excluding ortho intramolecular Hbond substituents is 1. The number of phenols is 1. The molecule has 0 aliphatic carbocycles. The van der Waals surface area contributed by atoms with E-state index in [2.05, 4.69) is 30.5 Å². The van der Waals surface area contributed by atoms with Gasteiger partial charge in [0.05, 0.1) is 16.1 Å². The standard InChI is InChI=1S/C25H23N7O7S/c1-13-5-4-10-32(13)24-27-23(28-25(36)29-24)26-19-12-15(40(37,38)39)11-14-8-9-18(21(33)20(14)19)31-30-17-7-3-2-6-16(17)22(34)35/h2-3,6-9,11-13,33H,4-5,10H2,1H3,(H,34,35)(H,37,38,39)(H2,26,27,28,29,36).